The van der Waals surface area contributed by atoms with E-state index in [1.165, 1.54) is 10.4 Å². The molecule has 0 N–H and O–H groups in total. The molecule has 0 saturated heterocycles. The molecule has 0 saturated carbocycles. The van der Waals surface area contributed by atoms with Crippen LogP contribution in [0.3, 0.4) is 0 Å². The Balaban J connectivity index is 2.10. The Morgan fingerprint density at radius 2 is 1.32 bits per heavy atom. The third-order valence-electron chi connectivity index (χ3n) is 5.20. The van der Waals surface area contributed by atoms with Gasteiger partial charge in [-0.2, -0.15) is 0 Å². The molecule has 0 bridgehead atoms. The summed E-state index contributed by atoms with van der Waals surface area (Å²) < 4.78 is 6.88. The summed E-state index contributed by atoms with van der Waals surface area (Å²) in [4.78, 5) is 2.80. The van der Waals surface area contributed by atoms with Crippen molar-refractivity contribution < 1.29 is 4.43 Å². The maximum atomic E-state index is 8.31. The first kappa shape index (κ1) is 22.2. The summed E-state index contributed by atoms with van der Waals surface area (Å²) in [5.74, 6) is 0. The molecule has 4 nitrogen and oxygen atoms in total. The lowest BCUT2D eigenvalue weighted by atomic mass is 10.1. The summed E-state index contributed by atoms with van der Waals surface area (Å²) in [5, 5.41) is 6.30. The van der Waals surface area contributed by atoms with Crippen LogP contribution in [0.25, 0.3) is 10.4 Å². The second-order valence-corrected chi connectivity index (χ2v) is 12.5. The first-order valence-electron chi connectivity index (χ1n) is 10.3. The molecule has 0 unspecified atom stereocenters. The number of nitrogens with zero attached hydrogens (tertiary/aromatic N) is 3. The summed E-state index contributed by atoms with van der Waals surface area (Å²) in [6.07, 6.45) is 5.45. The van der Waals surface area contributed by atoms with E-state index in [1.807, 2.05) is 0 Å². The lowest BCUT2D eigenvalue weighted by Gasteiger charge is -2.43. The minimum absolute atomic E-state index is 0.0327. The van der Waals surface area contributed by atoms with Crippen molar-refractivity contribution >= 4 is 18.7 Å². The van der Waals surface area contributed by atoms with E-state index in [9.17, 15) is 0 Å². The van der Waals surface area contributed by atoms with Crippen LogP contribution in [0.1, 0.15) is 52.9 Å². The van der Waals surface area contributed by atoms with Gasteiger partial charge in [-0.25, -0.2) is 0 Å². The zero-order valence-corrected chi connectivity index (χ0v) is 18.5. The van der Waals surface area contributed by atoms with Gasteiger partial charge in [0.05, 0.1) is 0 Å². The molecule has 0 amide bonds. The van der Waals surface area contributed by atoms with Gasteiger partial charge in [-0.3, -0.25) is 0 Å². The molecule has 2 aromatic rings. The van der Waals surface area contributed by atoms with Crippen LogP contribution >= 0.6 is 0 Å². The minimum atomic E-state index is -2.39. The summed E-state index contributed by atoms with van der Waals surface area (Å²) in [6, 6.07) is 21.6. The smallest absolute Gasteiger partial charge is 0.261 e. The Hall–Kier alpha value is -2.07. The monoisotopic (exact) mass is 395 g/mol. The fourth-order valence-electron chi connectivity index (χ4n) is 3.85. The quantitative estimate of drug-likeness (QED) is 0.155. The molecule has 5 heteroatoms. The zero-order chi connectivity index (χ0) is 20.3. The second-order valence-electron chi connectivity index (χ2n) is 8.23. The first-order valence-corrected chi connectivity index (χ1v) is 12.2. The van der Waals surface area contributed by atoms with Crippen molar-refractivity contribution in [3.63, 3.8) is 0 Å². The molecule has 0 aliphatic rings. The highest BCUT2D eigenvalue weighted by Crippen LogP contribution is 2.36. The summed E-state index contributed by atoms with van der Waals surface area (Å²) in [7, 11) is -2.39. The van der Waals surface area contributed by atoms with E-state index in [2.05, 4.69) is 91.5 Å². The van der Waals surface area contributed by atoms with Crippen LogP contribution < -0.4 is 10.4 Å². The third kappa shape index (κ3) is 5.71. The average molecular weight is 396 g/mol. The van der Waals surface area contributed by atoms with Crippen molar-refractivity contribution in [1.82, 2.24) is 0 Å². The Bertz CT molecular complexity index is 698. The van der Waals surface area contributed by atoms with Crippen molar-refractivity contribution in [3.8, 4) is 0 Å². The normalized spacial score (nSPS) is 11.8. The van der Waals surface area contributed by atoms with E-state index in [4.69, 9.17) is 9.96 Å². The Kier molecular flexibility index (Phi) is 8.77. The Labute approximate surface area is 170 Å². The number of hydrogen-bond donors (Lipinski definition) is 0. The van der Waals surface area contributed by atoms with E-state index < -0.39 is 8.32 Å². The average Bonchev–Trinajstić information content (AvgIpc) is 2.70. The SMILES string of the molecule is CC(C)(C)[Si](OCCCCCCCN=[N+]=[N-])(c1ccccc1)c1ccccc1. The minimum Gasteiger partial charge on any atom is -0.407 e. The molecular formula is C23H33N3OSi. The van der Waals surface area contributed by atoms with Crippen LogP contribution in [0.15, 0.2) is 65.8 Å². The topological polar surface area (TPSA) is 58.0 Å². The number of benzene rings is 2. The van der Waals surface area contributed by atoms with Gasteiger partial charge in [0.2, 0.25) is 0 Å². The summed E-state index contributed by atoms with van der Waals surface area (Å²) in [5.41, 5.74) is 8.31. The fraction of sp³-hybridized carbons (Fsp3) is 0.478. The van der Waals surface area contributed by atoms with Crippen LogP contribution in [0.5, 0.6) is 0 Å². The van der Waals surface area contributed by atoms with Crippen LogP contribution in [0.2, 0.25) is 5.04 Å². The number of azide groups is 1. The van der Waals surface area contributed by atoms with E-state index in [-0.39, 0.29) is 5.04 Å². The highest BCUT2D eigenvalue weighted by Gasteiger charge is 2.49. The van der Waals surface area contributed by atoms with Gasteiger partial charge in [-0.1, -0.05) is 106 Å². The van der Waals surface area contributed by atoms with Gasteiger partial charge in [0, 0.05) is 18.1 Å². The molecule has 0 aliphatic carbocycles. The van der Waals surface area contributed by atoms with Gasteiger partial charge in [0.25, 0.3) is 8.32 Å². The zero-order valence-electron chi connectivity index (χ0n) is 17.5. The van der Waals surface area contributed by atoms with Gasteiger partial charge in [0.1, 0.15) is 0 Å². The van der Waals surface area contributed by atoms with Crippen LogP contribution in [-0.4, -0.2) is 21.5 Å². The predicted octanol–water partition coefficient (Wildman–Crippen LogP) is 5.82. The second kappa shape index (κ2) is 11.1. The van der Waals surface area contributed by atoms with Gasteiger partial charge in [-0.05, 0) is 33.8 Å². The molecule has 0 atom stereocenters. The van der Waals surface area contributed by atoms with E-state index in [1.54, 1.807) is 0 Å². The molecule has 2 rings (SSSR count). The van der Waals surface area contributed by atoms with Crippen molar-refractivity contribution in [3.05, 3.63) is 71.1 Å². The maximum Gasteiger partial charge on any atom is 0.261 e. The standard InChI is InChI=1S/C23H33N3OSi/c1-23(2,3)28(21-15-9-7-10-16-21,22-17-11-8-12-18-22)27-20-14-6-4-5-13-19-25-26-24/h7-12,15-18H,4-6,13-14,19-20H2,1-3H3. The largest absolute Gasteiger partial charge is 0.407 e. The number of hydrogen-bond acceptors (Lipinski definition) is 2. The fourth-order valence-corrected chi connectivity index (χ4v) is 8.45. The highest BCUT2D eigenvalue weighted by molar-refractivity contribution is 6.99. The highest BCUT2D eigenvalue weighted by atomic mass is 28.4. The maximum absolute atomic E-state index is 8.31. The van der Waals surface area contributed by atoms with Crippen LogP contribution in [0.4, 0.5) is 0 Å². The van der Waals surface area contributed by atoms with Crippen molar-refractivity contribution in [2.24, 2.45) is 5.11 Å². The van der Waals surface area contributed by atoms with Crippen LogP contribution in [-0.2, 0) is 4.43 Å². The number of unbranched alkanes of at least 4 members (excludes halogenated alkanes) is 4. The van der Waals surface area contributed by atoms with Crippen molar-refractivity contribution in [2.75, 3.05) is 13.2 Å². The molecule has 0 aromatic heterocycles. The molecule has 0 spiro atoms. The van der Waals surface area contributed by atoms with E-state index in [0.717, 1.165) is 38.7 Å². The molecule has 150 valence electrons. The third-order valence-corrected chi connectivity index (χ3v) is 10.2. The van der Waals surface area contributed by atoms with E-state index >= 15 is 0 Å². The predicted molar refractivity (Wildman–Crippen MR) is 121 cm³/mol. The van der Waals surface area contributed by atoms with Gasteiger partial charge in [0.15, 0.2) is 0 Å². The molecule has 2 aromatic carbocycles. The molecule has 28 heavy (non-hydrogen) atoms. The molecular weight excluding hydrogens is 362 g/mol. The Morgan fingerprint density at radius 1 is 0.821 bits per heavy atom. The lowest BCUT2D eigenvalue weighted by Crippen LogP contribution is -2.66. The van der Waals surface area contributed by atoms with Gasteiger partial charge in [-0.15, -0.1) is 0 Å². The van der Waals surface area contributed by atoms with Gasteiger partial charge >= 0.3 is 0 Å². The molecule has 0 fully saturated rings. The first-order chi connectivity index (χ1) is 13.5. The summed E-state index contributed by atoms with van der Waals surface area (Å²) >= 11 is 0. The molecule has 0 radical (unpaired) electrons. The number of rotatable bonds is 11. The van der Waals surface area contributed by atoms with Crippen molar-refractivity contribution in [1.29, 1.82) is 0 Å². The Morgan fingerprint density at radius 3 is 1.82 bits per heavy atom. The molecule has 0 aliphatic heterocycles. The molecule has 0 heterocycles. The van der Waals surface area contributed by atoms with Crippen LogP contribution in [0, 0.1) is 0 Å². The lowest BCUT2D eigenvalue weighted by molar-refractivity contribution is 0.286. The summed E-state index contributed by atoms with van der Waals surface area (Å²) in [6.45, 7) is 8.33. The van der Waals surface area contributed by atoms with Gasteiger partial charge < -0.3 is 4.43 Å². The van der Waals surface area contributed by atoms with Crippen molar-refractivity contribution in [2.45, 2.75) is 57.9 Å². The van der Waals surface area contributed by atoms with E-state index in [0.29, 0.717) is 6.54 Å².